The van der Waals surface area contributed by atoms with E-state index in [9.17, 15) is 9.59 Å². The highest BCUT2D eigenvalue weighted by Crippen LogP contribution is 2.10. The maximum Gasteiger partial charge on any atom is 0.213 e. The highest BCUT2D eigenvalue weighted by atomic mass is 16.1. The Bertz CT molecular complexity index is 727. The summed E-state index contributed by atoms with van der Waals surface area (Å²) in [5.41, 5.74) is 1.52. The zero-order valence-corrected chi connectivity index (χ0v) is 11.6. The largest absolute Gasteiger partial charge is 0.287 e. The number of hydrogen-bond acceptors (Lipinski definition) is 4. The molecule has 0 spiro atoms. The maximum atomic E-state index is 12.2. The van der Waals surface area contributed by atoms with Gasteiger partial charge in [-0.3, -0.25) is 9.59 Å². The molecule has 0 unspecified atom stereocenters. The molecule has 4 heteroatoms. The predicted molar refractivity (Wildman–Crippen MR) is 81.8 cm³/mol. The van der Waals surface area contributed by atoms with Crippen LogP contribution in [0.1, 0.15) is 32.1 Å². The summed E-state index contributed by atoms with van der Waals surface area (Å²) in [6, 6.07) is 20.7. The third-order valence-corrected chi connectivity index (χ3v) is 3.20. The molecular weight excluding hydrogens is 276 g/mol. The van der Waals surface area contributed by atoms with Gasteiger partial charge in [0.25, 0.3) is 0 Å². The Labute approximate surface area is 127 Å². The number of carbonyl (C=O) groups is 2. The van der Waals surface area contributed by atoms with Gasteiger partial charge in [0.1, 0.15) is 11.4 Å². The van der Waals surface area contributed by atoms with Gasteiger partial charge in [0, 0.05) is 11.1 Å². The Morgan fingerprint density at radius 1 is 0.545 bits per heavy atom. The highest BCUT2D eigenvalue weighted by molar-refractivity contribution is 6.09. The van der Waals surface area contributed by atoms with E-state index in [4.69, 9.17) is 0 Å². The number of rotatable bonds is 4. The Balaban J connectivity index is 1.84. The van der Waals surface area contributed by atoms with Gasteiger partial charge in [-0.2, -0.15) is 0 Å². The second-order valence-electron chi connectivity index (χ2n) is 4.69. The summed E-state index contributed by atoms with van der Waals surface area (Å²) in [5, 5.41) is 7.76. The van der Waals surface area contributed by atoms with E-state index < -0.39 is 0 Å². The molecule has 2 aromatic carbocycles. The van der Waals surface area contributed by atoms with Crippen LogP contribution >= 0.6 is 0 Å². The van der Waals surface area contributed by atoms with Crippen LogP contribution in [-0.4, -0.2) is 21.8 Å². The second-order valence-corrected chi connectivity index (χ2v) is 4.69. The van der Waals surface area contributed by atoms with E-state index in [1.165, 1.54) is 12.1 Å². The van der Waals surface area contributed by atoms with Gasteiger partial charge >= 0.3 is 0 Å². The van der Waals surface area contributed by atoms with Crippen molar-refractivity contribution in [2.75, 3.05) is 0 Å². The zero-order valence-electron chi connectivity index (χ0n) is 11.6. The molecule has 1 heterocycles. The fraction of sp³-hybridized carbons (Fsp3) is 0. The lowest BCUT2D eigenvalue weighted by Gasteiger charge is -2.02. The lowest BCUT2D eigenvalue weighted by molar-refractivity contribution is 0.101. The third-order valence-electron chi connectivity index (χ3n) is 3.20. The molecule has 0 aliphatic carbocycles. The van der Waals surface area contributed by atoms with Crippen molar-refractivity contribution >= 4 is 11.6 Å². The average Bonchev–Trinajstić information content (AvgIpc) is 2.62. The van der Waals surface area contributed by atoms with Crippen LogP contribution in [0.2, 0.25) is 0 Å². The summed E-state index contributed by atoms with van der Waals surface area (Å²) in [4.78, 5) is 24.4. The van der Waals surface area contributed by atoms with Crippen LogP contribution in [0, 0.1) is 0 Å². The van der Waals surface area contributed by atoms with Crippen molar-refractivity contribution in [1.82, 2.24) is 10.2 Å². The van der Waals surface area contributed by atoms with Gasteiger partial charge in [0.15, 0.2) is 0 Å². The fourth-order valence-electron chi connectivity index (χ4n) is 2.05. The summed E-state index contributed by atoms with van der Waals surface area (Å²) >= 11 is 0. The van der Waals surface area contributed by atoms with E-state index in [-0.39, 0.29) is 23.0 Å². The van der Waals surface area contributed by atoms with Crippen molar-refractivity contribution in [2.45, 2.75) is 0 Å². The van der Waals surface area contributed by atoms with E-state index >= 15 is 0 Å². The fourth-order valence-corrected chi connectivity index (χ4v) is 2.05. The molecule has 4 nitrogen and oxygen atoms in total. The molecule has 0 radical (unpaired) electrons. The normalized spacial score (nSPS) is 10.2. The molecule has 0 aliphatic heterocycles. The molecule has 0 saturated heterocycles. The molecule has 0 saturated carbocycles. The first-order valence-electron chi connectivity index (χ1n) is 6.79. The minimum Gasteiger partial charge on any atom is -0.287 e. The maximum absolute atomic E-state index is 12.2. The van der Waals surface area contributed by atoms with E-state index in [1.54, 1.807) is 48.5 Å². The SMILES string of the molecule is O=C(c1ccccc1)c1ccc(C(=O)c2ccccc2)nn1. The van der Waals surface area contributed by atoms with Gasteiger partial charge < -0.3 is 0 Å². The number of ketones is 2. The number of hydrogen-bond donors (Lipinski definition) is 0. The molecule has 3 aromatic rings. The topological polar surface area (TPSA) is 59.9 Å². The Kier molecular flexibility index (Phi) is 3.83. The summed E-state index contributed by atoms with van der Waals surface area (Å²) in [7, 11) is 0. The van der Waals surface area contributed by atoms with Gasteiger partial charge in [-0.15, -0.1) is 10.2 Å². The average molecular weight is 288 g/mol. The quantitative estimate of drug-likeness (QED) is 0.692. The minimum absolute atomic E-state index is 0.216. The van der Waals surface area contributed by atoms with Crippen molar-refractivity contribution < 1.29 is 9.59 Å². The predicted octanol–water partition coefficient (Wildman–Crippen LogP) is 2.94. The van der Waals surface area contributed by atoms with Gasteiger partial charge in [0.2, 0.25) is 11.6 Å². The van der Waals surface area contributed by atoms with Gasteiger partial charge in [-0.25, -0.2) is 0 Å². The van der Waals surface area contributed by atoms with Crippen molar-refractivity contribution in [2.24, 2.45) is 0 Å². The lowest BCUT2D eigenvalue weighted by atomic mass is 10.1. The molecule has 0 atom stereocenters. The smallest absolute Gasteiger partial charge is 0.213 e. The van der Waals surface area contributed by atoms with Crippen molar-refractivity contribution in [3.05, 3.63) is 95.3 Å². The number of benzene rings is 2. The summed E-state index contributed by atoms with van der Waals surface area (Å²) in [6.07, 6.45) is 0. The molecule has 1 aromatic heterocycles. The van der Waals surface area contributed by atoms with E-state index in [0.717, 1.165) is 0 Å². The van der Waals surface area contributed by atoms with Gasteiger partial charge in [0.05, 0.1) is 0 Å². The number of aromatic nitrogens is 2. The van der Waals surface area contributed by atoms with Crippen LogP contribution in [-0.2, 0) is 0 Å². The monoisotopic (exact) mass is 288 g/mol. The Morgan fingerprint density at radius 3 is 1.23 bits per heavy atom. The zero-order chi connectivity index (χ0) is 15.4. The van der Waals surface area contributed by atoms with E-state index in [0.29, 0.717) is 11.1 Å². The second kappa shape index (κ2) is 6.10. The highest BCUT2D eigenvalue weighted by Gasteiger charge is 2.14. The van der Waals surface area contributed by atoms with Gasteiger partial charge in [-0.05, 0) is 12.1 Å². The first-order valence-corrected chi connectivity index (χ1v) is 6.79. The van der Waals surface area contributed by atoms with Crippen LogP contribution < -0.4 is 0 Å². The molecule has 0 fully saturated rings. The number of nitrogens with zero attached hydrogens (tertiary/aromatic N) is 2. The first-order chi connectivity index (χ1) is 10.8. The molecule has 0 bridgehead atoms. The van der Waals surface area contributed by atoms with Crippen LogP contribution in [0.15, 0.2) is 72.8 Å². The lowest BCUT2D eigenvalue weighted by Crippen LogP contribution is -2.10. The van der Waals surface area contributed by atoms with Crippen LogP contribution in [0.5, 0.6) is 0 Å². The van der Waals surface area contributed by atoms with Crippen LogP contribution in [0.25, 0.3) is 0 Å². The molecule has 22 heavy (non-hydrogen) atoms. The number of carbonyl (C=O) groups excluding carboxylic acids is 2. The van der Waals surface area contributed by atoms with Crippen molar-refractivity contribution in [3.8, 4) is 0 Å². The van der Waals surface area contributed by atoms with Crippen LogP contribution in [0.4, 0.5) is 0 Å². The Hall–Kier alpha value is -3.14. The Morgan fingerprint density at radius 2 is 0.909 bits per heavy atom. The summed E-state index contributed by atoms with van der Waals surface area (Å²) in [6.45, 7) is 0. The molecule has 106 valence electrons. The minimum atomic E-state index is -0.216. The molecular formula is C18H12N2O2. The molecule has 0 aliphatic rings. The molecule has 3 rings (SSSR count). The van der Waals surface area contributed by atoms with Crippen molar-refractivity contribution in [3.63, 3.8) is 0 Å². The molecule has 0 N–H and O–H groups in total. The third kappa shape index (κ3) is 2.81. The molecule has 0 amide bonds. The standard InChI is InChI=1S/C18H12N2O2/c21-17(13-7-3-1-4-8-13)15-11-12-16(20-19-15)18(22)14-9-5-2-6-10-14/h1-12H. The van der Waals surface area contributed by atoms with Gasteiger partial charge in [-0.1, -0.05) is 60.7 Å². The van der Waals surface area contributed by atoms with Crippen LogP contribution in [0.3, 0.4) is 0 Å². The van der Waals surface area contributed by atoms with E-state index in [1.807, 2.05) is 12.1 Å². The van der Waals surface area contributed by atoms with Crippen molar-refractivity contribution in [1.29, 1.82) is 0 Å². The summed E-state index contributed by atoms with van der Waals surface area (Å²) < 4.78 is 0. The first kappa shape index (κ1) is 13.8. The van der Waals surface area contributed by atoms with E-state index in [2.05, 4.69) is 10.2 Å². The summed E-state index contributed by atoms with van der Waals surface area (Å²) in [5.74, 6) is -0.432.